The maximum absolute atomic E-state index is 12.4. The van der Waals surface area contributed by atoms with Crippen LogP contribution in [0.4, 0.5) is 0 Å². The zero-order chi connectivity index (χ0) is 14.8. The molecular formula is C17H22N2OS. The third kappa shape index (κ3) is 3.26. The van der Waals surface area contributed by atoms with Crippen LogP contribution in [0.5, 0.6) is 0 Å². The summed E-state index contributed by atoms with van der Waals surface area (Å²) >= 11 is 1.69. The Morgan fingerprint density at radius 3 is 2.76 bits per heavy atom. The van der Waals surface area contributed by atoms with Crippen molar-refractivity contribution in [3.8, 4) is 0 Å². The second kappa shape index (κ2) is 6.14. The summed E-state index contributed by atoms with van der Waals surface area (Å²) in [5.41, 5.74) is 1.75. The van der Waals surface area contributed by atoms with Gasteiger partial charge in [-0.2, -0.15) is 0 Å². The van der Waals surface area contributed by atoms with Crippen molar-refractivity contribution in [1.82, 2.24) is 10.3 Å². The summed E-state index contributed by atoms with van der Waals surface area (Å²) in [5, 5.41) is 4.31. The number of hydrogen-bond acceptors (Lipinski definition) is 3. The molecule has 0 atom stereocenters. The van der Waals surface area contributed by atoms with Gasteiger partial charge < -0.3 is 5.32 Å². The molecule has 1 heterocycles. The van der Waals surface area contributed by atoms with Crippen molar-refractivity contribution in [2.75, 3.05) is 0 Å². The fraction of sp³-hybridized carbons (Fsp3) is 0.529. The molecule has 1 amide bonds. The SMILES string of the molecule is CC(C)c1nc2ccc(C(=O)NC3CCCCC3)cc2s1. The molecule has 1 N–H and O–H groups in total. The van der Waals surface area contributed by atoms with E-state index in [2.05, 4.69) is 24.1 Å². The Morgan fingerprint density at radius 2 is 2.05 bits per heavy atom. The summed E-state index contributed by atoms with van der Waals surface area (Å²) in [7, 11) is 0. The van der Waals surface area contributed by atoms with Gasteiger partial charge in [0, 0.05) is 17.5 Å². The Bertz CT molecular complexity index is 641. The van der Waals surface area contributed by atoms with E-state index in [0.717, 1.165) is 33.6 Å². The normalized spacial score (nSPS) is 16.5. The van der Waals surface area contributed by atoms with Crippen LogP contribution in [0, 0.1) is 0 Å². The second-order valence-electron chi connectivity index (χ2n) is 6.20. The topological polar surface area (TPSA) is 42.0 Å². The van der Waals surface area contributed by atoms with Gasteiger partial charge in [0.2, 0.25) is 0 Å². The number of hydrogen-bond donors (Lipinski definition) is 1. The van der Waals surface area contributed by atoms with E-state index in [9.17, 15) is 4.79 Å². The molecule has 21 heavy (non-hydrogen) atoms. The van der Waals surface area contributed by atoms with Crippen molar-refractivity contribution >= 4 is 27.5 Å². The van der Waals surface area contributed by atoms with Gasteiger partial charge in [0.25, 0.3) is 5.91 Å². The van der Waals surface area contributed by atoms with Crippen LogP contribution < -0.4 is 5.32 Å². The van der Waals surface area contributed by atoms with Crippen LogP contribution in [-0.2, 0) is 0 Å². The molecule has 1 aliphatic rings. The van der Waals surface area contributed by atoms with Crippen LogP contribution in [0.15, 0.2) is 18.2 Å². The van der Waals surface area contributed by atoms with Gasteiger partial charge in [0.1, 0.15) is 0 Å². The van der Waals surface area contributed by atoms with Crippen LogP contribution in [0.3, 0.4) is 0 Å². The highest BCUT2D eigenvalue weighted by Gasteiger charge is 2.17. The molecule has 1 aromatic heterocycles. The van der Waals surface area contributed by atoms with E-state index in [1.54, 1.807) is 11.3 Å². The summed E-state index contributed by atoms with van der Waals surface area (Å²) in [6.45, 7) is 4.29. The zero-order valence-electron chi connectivity index (χ0n) is 12.7. The Labute approximate surface area is 129 Å². The first kappa shape index (κ1) is 14.5. The Kier molecular flexibility index (Phi) is 4.24. The Morgan fingerprint density at radius 1 is 1.29 bits per heavy atom. The van der Waals surface area contributed by atoms with Crippen LogP contribution >= 0.6 is 11.3 Å². The zero-order valence-corrected chi connectivity index (χ0v) is 13.5. The average molecular weight is 302 g/mol. The third-order valence-corrected chi connectivity index (χ3v) is 5.42. The van der Waals surface area contributed by atoms with E-state index in [-0.39, 0.29) is 5.91 Å². The predicted octanol–water partition coefficient (Wildman–Crippen LogP) is 4.48. The molecule has 4 heteroatoms. The highest BCUT2D eigenvalue weighted by molar-refractivity contribution is 7.18. The summed E-state index contributed by atoms with van der Waals surface area (Å²) in [6.07, 6.45) is 6.00. The van der Waals surface area contributed by atoms with Gasteiger partial charge in [-0.3, -0.25) is 4.79 Å². The first-order valence-electron chi connectivity index (χ1n) is 7.85. The monoisotopic (exact) mass is 302 g/mol. The van der Waals surface area contributed by atoms with E-state index in [1.807, 2.05) is 18.2 Å². The molecule has 1 aliphatic carbocycles. The lowest BCUT2D eigenvalue weighted by atomic mass is 9.95. The number of fused-ring (bicyclic) bond motifs is 1. The first-order valence-corrected chi connectivity index (χ1v) is 8.66. The molecule has 112 valence electrons. The maximum Gasteiger partial charge on any atom is 0.251 e. The Balaban J connectivity index is 1.77. The molecule has 0 unspecified atom stereocenters. The maximum atomic E-state index is 12.4. The minimum atomic E-state index is 0.0586. The van der Waals surface area contributed by atoms with E-state index >= 15 is 0 Å². The molecule has 2 aromatic rings. The summed E-state index contributed by atoms with van der Waals surface area (Å²) in [4.78, 5) is 17.0. The fourth-order valence-electron chi connectivity index (χ4n) is 2.85. The van der Waals surface area contributed by atoms with Crippen molar-refractivity contribution in [3.05, 3.63) is 28.8 Å². The van der Waals surface area contributed by atoms with Crippen LogP contribution in [0.25, 0.3) is 10.2 Å². The number of nitrogens with zero attached hydrogens (tertiary/aromatic N) is 1. The second-order valence-corrected chi connectivity index (χ2v) is 7.26. The lowest BCUT2D eigenvalue weighted by Gasteiger charge is -2.22. The Hall–Kier alpha value is -1.42. The standard InChI is InChI=1S/C17H22N2OS/c1-11(2)17-19-14-9-8-12(10-15(14)21-17)16(20)18-13-6-4-3-5-7-13/h8-11,13H,3-7H2,1-2H3,(H,18,20). The van der Waals surface area contributed by atoms with E-state index in [1.165, 1.54) is 19.3 Å². The van der Waals surface area contributed by atoms with E-state index in [0.29, 0.717) is 12.0 Å². The van der Waals surface area contributed by atoms with Crippen LogP contribution in [0.1, 0.15) is 67.2 Å². The van der Waals surface area contributed by atoms with Crippen molar-refractivity contribution in [2.24, 2.45) is 0 Å². The fourth-order valence-corrected chi connectivity index (χ4v) is 3.86. The number of benzene rings is 1. The smallest absolute Gasteiger partial charge is 0.251 e. The molecule has 0 aliphatic heterocycles. The molecule has 1 saturated carbocycles. The van der Waals surface area contributed by atoms with Gasteiger partial charge in [-0.1, -0.05) is 33.1 Å². The highest BCUT2D eigenvalue weighted by Crippen LogP contribution is 2.28. The van der Waals surface area contributed by atoms with Gasteiger partial charge in [-0.15, -0.1) is 11.3 Å². The van der Waals surface area contributed by atoms with Gasteiger partial charge in [0.15, 0.2) is 0 Å². The molecule has 3 nitrogen and oxygen atoms in total. The molecule has 0 saturated heterocycles. The predicted molar refractivity (Wildman–Crippen MR) is 88.0 cm³/mol. The summed E-state index contributed by atoms with van der Waals surface area (Å²) in [5.74, 6) is 0.491. The lowest BCUT2D eigenvalue weighted by molar-refractivity contribution is 0.0928. The number of amides is 1. The molecule has 1 aromatic carbocycles. The number of aromatic nitrogens is 1. The summed E-state index contributed by atoms with van der Waals surface area (Å²) in [6, 6.07) is 6.20. The molecule has 0 spiro atoms. The van der Waals surface area contributed by atoms with Crippen LogP contribution in [-0.4, -0.2) is 16.9 Å². The third-order valence-electron chi connectivity index (χ3n) is 4.10. The number of nitrogens with one attached hydrogen (secondary N) is 1. The molecule has 3 rings (SSSR count). The van der Waals surface area contributed by atoms with Gasteiger partial charge >= 0.3 is 0 Å². The van der Waals surface area contributed by atoms with Gasteiger partial charge in [0.05, 0.1) is 15.2 Å². The number of carbonyl (C=O) groups is 1. The van der Waals surface area contributed by atoms with E-state index in [4.69, 9.17) is 0 Å². The van der Waals surface area contributed by atoms with Gasteiger partial charge in [-0.25, -0.2) is 4.98 Å². The van der Waals surface area contributed by atoms with Crippen molar-refractivity contribution < 1.29 is 4.79 Å². The van der Waals surface area contributed by atoms with Crippen molar-refractivity contribution in [1.29, 1.82) is 0 Å². The number of carbonyl (C=O) groups excluding carboxylic acids is 1. The first-order chi connectivity index (χ1) is 10.1. The largest absolute Gasteiger partial charge is 0.349 e. The van der Waals surface area contributed by atoms with Crippen molar-refractivity contribution in [2.45, 2.75) is 57.9 Å². The minimum absolute atomic E-state index is 0.0586. The lowest BCUT2D eigenvalue weighted by Crippen LogP contribution is -2.36. The molecule has 0 bridgehead atoms. The highest BCUT2D eigenvalue weighted by atomic mass is 32.1. The minimum Gasteiger partial charge on any atom is -0.349 e. The molecular weight excluding hydrogens is 280 g/mol. The van der Waals surface area contributed by atoms with Crippen LogP contribution in [0.2, 0.25) is 0 Å². The van der Waals surface area contributed by atoms with Crippen molar-refractivity contribution in [3.63, 3.8) is 0 Å². The van der Waals surface area contributed by atoms with Gasteiger partial charge in [-0.05, 0) is 31.0 Å². The number of rotatable bonds is 3. The average Bonchev–Trinajstić information content (AvgIpc) is 2.91. The number of thiazole rings is 1. The quantitative estimate of drug-likeness (QED) is 0.908. The molecule has 0 radical (unpaired) electrons. The summed E-state index contributed by atoms with van der Waals surface area (Å²) < 4.78 is 1.11. The molecule has 1 fully saturated rings. The van der Waals surface area contributed by atoms with E-state index < -0.39 is 0 Å².